The van der Waals surface area contributed by atoms with Crippen molar-refractivity contribution in [2.24, 2.45) is 0 Å². The quantitative estimate of drug-likeness (QED) is 0.826. The molecule has 0 aliphatic carbocycles. The predicted octanol–water partition coefficient (Wildman–Crippen LogP) is 2.35. The molecule has 1 aromatic heterocycles. The Labute approximate surface area is 112 Å². The topological polar surface area (TPSA) is 34.5 Å². The van der Waals surface area contributed by atoms with Crippen LogP contribution in [0.4, 0.5) is 5.69 Å². The number of hydrogen-bond acceptors (Lipinski definition) is 2. The van der Waals surface area contributed by atoms with E-state index in [4.69, 9.17) is 4.74 Å². The zero-order chi connectivity index (χ0) is 13.4. The Balaban J connectivity index is 1.91. The Morgan fingerprint density at radius 1 is 1.05 bits per heavy atom. The minimum atomic E-state index is 0.122. The monoisotopic (exact) mass is 256 g/mol. The Morgan fingerprint density at radius 2 is 1.79 bits per heavy atom. The van der Waals surface area contributed by atoms with Crippen molar-refractivity contribution in [2.45, 2.75) is 20.0 Å². The Bertz CT molecular complexity index is 614. The van der Waals surface area contributed by atoms with Crippen molar-refractivity contribution in [3.63, 3.8) is 0 Å². The minimum absolute atomic E-state index is 0.122. The number of anilines is 1. The molecule has 0 saturated heterocycles. The second kappa shape index (κ2) is 4.46. The standard InChI is InChI=1S/C15H16N2O2/c1-11-3-4-13-9-17(15(18)10-16(11)13)12-5-7-14(19-2)8-6-12/h3-8H,9-10H2,1-2H3. The summed E-state index contributed by atoms with van der Waals surface area (Å²) in [6.45, 7) is 3.07. The molecule has 0 bridgehead atoms. The van der Waals surface area contributed by atoms with Crippen LogP contribution in [0.3, 0.4) is 0 Å². The first kappa shape index (κ1) is 11.8. The normalized spacial score (nSPS) is 14.4. The summed E-state index contributed by atoms with van der Waals surface area (Å²) in [5.41, 5.74) is 3.22. The molecule has 3 rings (SSSR count). The molecule has 0 atom stereocenters. The van der Waals surface area contributed by atoms with Crippen LogP contribution in [0.5, 0.6) is 5.75 Å². The SMILES string of the molecule is COc1ccc(N2Cc3ccc(C)n3CC2=O)cc1. The first-order valence-electron chi connectivity index (χ1n) is 6.28. The molecule has 0 fully saturated rings. The average Bonchev–Trinajstić information content (AvgIpc) is 2.79. The molecule has 19 heavy (non-hydrogen) atoms. The molecule has 1 aliphatic rings. The van der Waals surface area contributed by atoms with Gasteiger partial charge in [0.15, 0.2) is 0 Å². The first-order valence-corrected chi connectivity index (χ1v) is 6.28. The van der Waals surface area contributed by atoms with E-state index in [0.29, 0.717) is 13.1 Å². The summed E-state index contributed by atoms with van der Waals surface area (Å²) in [5.74, 6) is 0.921. The van der Waals surface area contributed by atoms with Gasteiger partial charge in [-0.25, -0.2) is 0 Å². The highest BCUT2D eigenvalue weighted by atomic mass is 16.5. The van der Waals surface area contributed by atoms with E-state index in [1.165, 1.54) is 5.69 Å². The molecular weight excluding hydrogens is 240 g/mol. The molecule has 4 heteroatoms. The van der Waals surface area contributed by atoms with E-state index in [1.54, 1.807) is 7.11 Å². The van der Waals surface area contributed by atoms with E-state index in [2.05, 4.69) is 16.7 Å². The van der Waals surface area contributed by atoms with Gasteiger partial charge in [0.1, 0.15) is 12.3 Å². The molecule has 1 aliphatic heterocycles. The molecular formula is C15H16N2O2. The summed E-state index contributed by atoms with van der Waals surface area (Å²) >= 11 is 0. The molecule has 2 heterocycles. The highest BCUT2D eigenvalue weighted by molar-refractivity contribution is 5.94. The van der Waals surface area contributed by atoms with Crippen molar-refractivity contribution in [3.8, 4) is 5.75 Å². The lowest BCUT2D eigenvalue weighted by molar-refractivity contribution is -0.120. The lowest BCUT2D eigenvalue weighted by atomic mass is 10.2. The smallest absolute Gasteiger partial charge is 0.247 e. The van der Waals surface area contributed by atoms with Crippen molar-refractivity contribution < 1.29 is 9.53 Å². The summed E-state index contributed by atoms with van der Waals surface area (Å²) in [5, 5.41) is 0. The summed E-state index contributed by atoms with van der Waals surface area (Å²) in [6.07, 6.45) is 0. The van der Waals surface area contributed by atoms with Crippen LogP contribution in [0.25, 0.3) is 0 Å². The fraction of sp³-hybridized carbons (Fsp3) is 0.267. The summed E-state index contributed by atoms with van der Waals surface area (Å²) < 4.78 is 7.21. The highest BCUT2D eigenvalue weighted by Gasteiger charge is 2.24. The summed E-state index contributed by atoms with van der Waals surface area (Å²) in [4.78, 5) is 14.0. The third-order valence-corrected chi connectivity index (χ3v) is 3.59. The molecule has 4 nitrogen and oxygen atoms in total. The molecule has 98 valence electrons. The number of benzene rings is 1. The van der Waals surface area contributed by atoms with Crippen LogP contribution in [0, 0.1) is 6.92 Å². The first-order chi connectivity index (χ1) is 9.19. The van der Waals surface area contributed by atoms with Crippen LogP contribution < -0.4 is 9.64 Å². The van der Waals surface area contributed by atoms with Crippen molar-refractivity contribution in [1.29, 1.82) is 0 Å². The van der Waals surface area contributed by atoms with Crippen LogP contribution in [0.15, 0.2) is 36.4 Å². The van der Waals surface area contributed by atoms with Gasteiger partial charge >= 0.3 is 0 Å². The second-order valence-electron chi connectivity index (χ2n) is 4.73. The van der Waals surface area contributed by atoms with E-state index in [9.17, 15) is 4.79 Å². The number of fused-ring (bicyclic) bond motifs is 1. The maximum atomic E-state index is 12.2. The van der Waals surface area contributed by atoms with Gasteiger partial charge in [0.05, 0.1) is 13.7 Å². The molecule has 1 aromatic carbocycles. The molecule has 0 N–H and O–H groups in total. The predicted molar refractivity (Wildman–Crippen MR) is 73.4 cm³/mol. The van der Waals surface area contributed by atoms with Crippen LogP contribution in [0.1, 0.15) is 11.4 Å². The van der Waals surface area contributed by atoms with Gasteiger partial charge in [-0.15, -0.1) is 0 Å². The van der Waals surface area contributed by atoms with Crippen LogP contribution in [-0.4, -0.2) is 17.6 Å². The summed E-state index contributed by atoms with van der Waals surface area (Å²) in [6, 6.07) is 11.7. The third kappa shape index (κ3) is 1.99. The number of carbonyl (C=O) groups excluding carboxylic acids is 1. The van der Waals surface area contributed by atoms with Crippen LogP contribution in [-0.2, 0) is 17.9 Å². The number of amides is 1. The fourth-order valence-electron chi connectivity index (χ4n) is 2.46. The Morgan fingerprint density at radius 3 is 2.47 bits per heavy atom. The molecule has 0 unspecified atom stereocenters. The van der Waals surface area contributed by atoms with E-state index in [0.717, 1.165) is 17.1 Å². The van der Waals surface area contributed by atoms with Gasteiger partial charge in [-0.05, 0) is 43.3 Å². The largest absolute Gasteiger partial charge is 0.497 e. The maximum absolute atomic E-state index is 12.2. The van der Waals surface area contributed by atoms with Gasteiger partial charge in [0.25, 0.3) is 0 Å². The van der Waals surface area contributed by atoms with Crippen LogP contribution in [0.2, 0.25) is 0 Å². The lowest BCUT2D eigenvalue weighted by Crippen LogP contribution is -2.39. The van der Waals surface area contributed by atoms with Gasteiger partial charge in [-0.3, -0.25) is 4.79 Å². The number of aromatic nitrogens is 1. The molecule has 0 saturated carbocycles. The fourth-order valence-corrected chi connectivity index (χ4v) is 2.46. The van der Waals surface area contributed by atoms with Crippen molar-refractivity contribution in [1.82, 2.24) is 4.57 Å². The number of hydrogen-bond donors (Lipinski definition) is 0. The minimum Gasteiger partial charge on any atom is -0.497 e. The van der Waals surface area contributed by atoms with Gasteiger partial charge in [-0.1, -0.05) is 0 Å². The van der Waals surface area contributed by atoms with E-state index in [1.807, 2.05) is 36.1 Å². The van der Waals surface area contributed by atoms with Gasteiger partial charge in [0, 0.05) is 17.1 Å². The highest BCUT2D eigenvalue weighted by Crippen LogP contribution is 2.25. The maximum Gasteiger partial charge on any atom is 0.247 e. The molecule has 0 radical (unpaired) electrons. The van der Waals surface area contributed by atoms with E-state index >= 15 is 0 Å². The number of carbonyl (C=O) groups is 1. The van der Waals surface area contributed by atoms with Gasteiger partial charge < -0.3 is 14.2 Å². The average molecular weight is 256 g/mol. The van der Waals surface area contributed by atoms with Crippen molar-refractivity contribution >= 4 is 11.6 Å². The van der Waals surface area contributed by atoms with Gasteiger partial charge in [-0.2, -0.15) is 0 Å². The number of rotatable bonds is 2. The lowest BCUT2D eigenvalue weighted by Gasteiger charge is -2.29. The second-order valence-corrected chi connectivity index (χ2v) is 4.73. The number of aryl methyl sites for hydroxylation is 1. The molecule has 0 spiro atoms. The summed E-state index contributed by atoms with van der Waals surface area (Å²) in [7, 11) is 1.64. The van der Waals surface area contributed by atoms with Gasteiger partial charge in [0.2, 0.25) is 5.91 Å². The van der Waals surface area contributed by atoms with E-state index < -0.39 is 0 Å². The van der Waals surface area contributed by atoms with Crippen molar-refractivity contribution in [3.05, 3.63) is 47.8 Å². The third-order valence-electron chi connectivity index (χ3n) is 3.59. The van der Waals surface area contributed by atoms with E-state index in [-0.39, 0.29) is 5.91 Å². The number of ether oxygens (including phenoxy) is 1. The Hall–Kier alpha value is -2.23. The number of nitrogens with zero attached hydrogens (tertiary/aromatic N) is 2. The Kier molecular flexibility index (Phi) is 2.78. The zero-order valence-electron chi connectivity index (χ0n) is 11.1. The number of methoxy groups -OCH3 is 1. The van der Waals surface area contributed by atoms with Crippen LogP contribution >= 0.6 is 0 Å². The molecule has 1 amide bonds. The molecule has 2 aromatic rings. The van der Waals surface area contributed by atoms with Crippen molar-refractivity contribution in [2.75, 3.05) is 12.0 Å². The zero-order valence-corrected chi connectivity index (χ0v) is 11.1.